The van der Waals surface area contributed by atoms with Crippen LogP contribution < -0.4 is 10.4 Å². The molecular formula is C19H16N2O3. The van der Waals surface area contributed by atoms with E-state index in [4.69, 9.17) is 9.15 Å². The quantitative estimate of drug-likeness (QED) is 0.541. The van der Waals surface area contributed by atoms with Crippen LogP contribution in [0.2, 0.25) is 0 Å². The van der Waals surface area contributed by atoms with Crippen LogP contribution in [-0.2, 0) is 13.0 Å². The first-order chi connectivity index (χ1) is 11.8. The van der Waals surface area contributed by atoms with Gasteiger partial charge in [0.25, 0.3) is 0 Å². The highest BCUT2D eigenvalue weighted by atomic mass is 16.5. The lowest BCUT2D eigenvalue weighted by Gasteiger charge is -2.07. The normalized spacial score (nSPS) is 11.2. The van der Waals surface area contributed by atoms with Crippen molar-refractivity contribution in [1.82, 2.24) is 9.55 Å². The maximum atomic E-state index is 12.1. The highest BCUT2D eigenvalue weighted by molar-refractivity contribution is 6.00. The van der Waals surface area contributed by atoms with E-state index >= 15 is 0 Å². The highest BCUT2D eigenvalue weighted by Crippen LogP contribution is 2.22. The summed E-state index contributed by atoms with van der Waals surface area (Å²) in [6, 6.07) is 15.5. The van der Waals surface area contributed by atoms with Crippen molar-refractivity contribution in [3.05, 3.63) is 70.8 Å². The molecule has 0 unspecified atom stereocenters. The smallest absolute Gasteiger partial charge is 0.364 e. The summed E-state index contributed by atoms with van der Waals surface area (Å²) in [6.07, 6.45) is 2.54. The molecule has 0 saturated carbocycles. The van der Waals surface area contributed by atoms with Crippen LogP contribution in [-0.4, -0.2) is 16.7 Å². The van der Waals surface area contributed by atoms with Crippen molar-refractivity contribution in [3.8, 4) is 5.75 Å². The van der Waals surface area contributed by atoms with Gasteiger partial charge in [-0.05, 0) is 36.2 Å². The first-order valence-electron chi connectivity index (χ1n) is 7.76. The molecular weight excluding hydrogens is 304 g/mol. The Morgan fingerprint density at radius 3 is 2.71 bits per heavy atom. The zero-order chi connectivity index (χ0) is 16.5. The van der Waals surface area contributed by atoms with Crippen LogP contribution in [0.25, 0.3) is 22.0 Å². The topological polar surface area (TPSA) is 57.3 Å². The molecule has 2 aromatic carbocycles. The molecule has 2 aromatic heterocycles. The fraction of sp³-hybridized carbons (Fsp3) is 0.158. The third-order valence-electron chi connectivity index (χ3n) is 4.18. The van der Waals surface area contributed by atoms with Crippen molar-refractivity contribution >= 4 is 22.0 Å². The number of hydrogen-bond acceptors (Lipinski definition) is 4. The number of hydrogen-bond donors (Lipinski definition) is 0. The second-order valence-corrected chi connectivity index (χ2v) is 5.62. The molecule has 0 aliphatic rings. The van der Waals surface area contributed by atoms with Gasteiger partial charge in [0.1, 0.15) is 11.3 Å². The fourth-order valence-electron chi connectivity index (χ4n) is 2.92. The van der Waals surface area contributed by atoms with Crippen LogP contribution in [0.1, 0.15) is 5.56 Å². The van der Waals surface area contributed by atoms with E-state index < -0.39 is 5.63 Å². The van der Waals surface area contributed by atoms with Crippen LogP contribution in [0.15, 0.2) is 64.1 Å². The minimum absolute atomic E-state index is 0.378. The van der Waals surface area contributed by atoms with Crippen molar-refractivity contribution in [2.75, 3.05) is 7.11 Å². The number of ether oxygens (including phenoxy) is 1. The molecule has 0 spiro atoms. The predicted molar refractivity (Wildman–Crippen MR) is 92.5 cm³/mol. The van der Waals surface area contributed by atoms with E-state index in [2.05, 4.69) is 4.98 Å². The van der Waals surface area contributed by atoms with Gasteiger partial charge in [-0.1, -0.05) is 24.3 Å². The summed E-state index contributed by atoms with van der Waals surface area (Å²) in [5.41, 5.74) is 2.59. The molecule has 24 heavy (non-hydrogen) atoms. The average molecular weight is 320 g/mol. The number of benzene rings is 2. The number of nitrogens with zero attached hydrogens (tertiary/aromatic N) is 2. The molecule has 0 aliphatic heterocycles. The van der Waals surface area contributed by atoms with Gasteiger partial charge in [0.15, 0.2) is 5.52 Å². The first kappa shape index (κ1) is 14.5. The van der Waals surface area contributed by atoms with Crippen LogP contribution in [0, 0.1) is 0 Å². The van der Waals surface area contributed by atoms with Gasteiger partial charge in [-0.2, -0.15) is 0 Å². The number of rotatable bonds is 4. The summed E-state index contributed by atoms with van der Waals surface area (Å²) >= 11 is 0. The summed E-state index contributed by atoms with van der Waals surface area (Å²) in [6.45, 7) is 0.732. The fourth-order valence-corrected chi connectivity index (χ4v) is 2.92. The molecule has 5 nitrogen and oxygen atoms in total. The first-order valence-corrected chi connectivity index (χ1v) is 7.76. The molecule has 5 heteroatoms. The number of methoxy groups -OCH3 is 1. The van der Waals surface area contributed by atoms with Gasteiger partial charge in [-0.15, -0.1) is 0 Å². The van der Waals surface area contributed by atoms with Gasteiger partial charge >= 0.3 is 5.63 Å². The zero-order valence-corrected chi connectivity index (χ0v) is 13.2. The van der Waals surface area contributed by atoms with Crippen molar-refractivity contribution in [2.45, 2.75) is 13.0 Å². The minimum Gasteiger partial charge on any atom is -0.497 e. The van der Waals surface area contributed by atoms with Gasteiger partial charge in [0, 0.05) is 11.9 Å². The Bertz CT molecular complexity index is 1060. The highest BCUT2D eigenvalue weighted by Gasteiger charge is 2.12. The van der Waals surface area contributed by atoms with Gasteiger partial charge in [0.05, 0.1) is 19.0 Å². The zero-order valence-electron chi connectivity index (χ0n) is 13.2. The molecule has 4 rings (SSSR count). The third-order valence-corrected chi connectivity index (χ3v) is 4.18. The molecule has 0 amide bonds. The number of para-hydroxylation sites is 1. The number of fused-ring (bicyclic) bond motifs is 3. The summed E-state index contributed by atoms with van der Waals surface area (Å²) in [5.74, 6) is 0.843. The Hall–Kier alpha value is -3.08. The third kappa shape index (κ3) is 2.44. The summed E-state index contributed by atoms with van der Waals surface area (Å²) in [5, 5.41) is 0.902. The molecule has 4 aromatic rings. The van der Waals surface area contributed by atoms with Gasteiger partial charge < -0.3 is 13.7 Å². The van der Waals surface area contributed by atoms with E-state index in [9.17, 15) is 4.79 Å². The van der Waals surface area contributed by atoms with E-state index in [0.717, 1.165) is 29.6 Å². The number of aromatic nitrogens is 2. The van der Waals surface area contributed by atoms with E-state index in [-0.39, 0.29) is 0 Å². The monoisotopic (exact) mass is 320 g/mol. The van der Waals surface area contributed by atoms with Crippen LogP contribution in [0.5, 0.6) is 5.75 Å². The average Bonchev–Trinajstić information content (AvgIpc) is 3.05. The van der Waals surface area contributed by atoms with E-state index in [1.165, 1.54) is 5.56 Å². The summed E-state index contributed by atoms with van der Waals surface area (Å²) < 4.78 is 12.5. The number of imidazole rings is 1. The molecule has 0 radical (unpaired) electrons. The summed E-state index contributed by atoms with van der Waals surface area (Å²) in [7, 11) is 1.66. The molecule has 0 bridgehead atoms. The second-order valence-electron chi connectivity index (χ2n) is 5.62. The van der Waals surface area contributed by atoms with Gasteiger partial charge in [0.2, 0.25) is 0 Å². The molecule has 0 aliphatic carbocycles. The van der Waals surface area contributed by atoms with Crippen LogP contribution in [0.4, 0.5) is 0 Å². The SMILES string of the molecule is COc1ccc(CCn2cnc3c(=O)oc4ccccc4c32)cc1. The maximum absolute atomic E-state index is 12.1. The Kier molecular flexibility index (Phi) is 3.54. The molecule has 0 fully saturated rings. The van der Waals surface area contributed by atoms with Crippen molar-refractivity contribution in [1.29, 1.82) is 0 Å². The van der Waals surface area contributed by atoms with Crippen molar-refractivity contribution in [2.24, 2.45) is 0 Å². The molecule has 0 saturated heterocycles. The van der Waals surface area contributed by atoms with Crippen LogP contribution in [0.3, 0.4) is 0 Å². The van der Waals surface area contributed by atoms with E-state index in [0.29, 0.717) is 11.1 Å². The maximum Gasteiger partial charge on any atom is 0.364 e. The molecule has 0 atom stereocenters. The Morgan fingerprint density at radius 1 is 1.12 bits per heavy atom. The lowest BCUT2D eigenvalue weighted by atomic mass is 10.1. The van der Waals surface area contributed by atoms with Crippen molar-refractivity contribution < 1.29 is 9.15 Å². The summed E-state index contributed by atoms with van der Waals surface area (Å²) in [4.78, 5) is 16.3. The van der Waals surface area contributed by atoms with E-state index in [1.54, 1.807) is 19.5 Å². The second kappa shape index (κ2) is 5.85. The van der Waals surface area contributed by atoms with Gasteiger partial charge in [-0.25, -0.2) is 9.78 Å². The Labute approximate surface area is 138 Å². The molecule has 0 N–H and O–H groups in total. The lowest BCUT2D eigenvalue weighted by Crippen LogP contribution is -2.04. The Morgan fingerprint density at radius 2 is 1.92 bits per heavy atom. The largest absolute Gasteiger partial charge is 0.497 e. The lowest BCUT2D eigenvalue weighted by molar-refractivity contribution is 0.414. The molecule has 120 valence electrons. The van der Waals surface area contributed by atoms with Gasteiger partial charge in [-0.3, -0.25) is 0 Å². The predicted octanol–water partition coefficient (Wildman–Crippen LogP) is 3.39. The molecule has 2 heterocycles. The van der Waals surface area contributed by atoms with E-state index in [1.807, 2.05) is 47.0 Å². The van der Waals surface area contributed by atoms with Crippen molar-refractivity contribution in [3.63, 3.8) is 0 Å². The number of aryl methyl sites for hydroxylation is 2. The van der Waals surface area contributed by atoms with Crippen LogP contribution >= 0.6 is 0 Å². The standard InChI is InChI=1S/C19H16N2O3/c1-23-14-8-6-13(7-9-14)10-11-21-12-20-17-18(21)15-4-2-3-5-16(15)24-19(17)22/h2-9,12H,10-11H2,1H3. The Balaban J connectivity index is 1.72. The minimum atomic E-state index is -0.396.